The third-order valence-electron chi connectivity index (χ3n) is 8.55. The van der Waals surface area contributed by atoms with E-state index in [4.69, 9.17) is 0 Å². The maximum absolute atomic E-state index is 2.54. The van der Waals surface area contributed by atoms with Gasteiger partial charge < -0.3 is 9.80 Å². The Hall–Kier alpha value is -4.56. The Morgan fingerprint density at radius 3 is 2.21 bits per heavy atom. The molecule has 1 heterocycles. The monoisotopic (exact) mass is 502 g/mol. The number of benzene rings is 6. The Morgan fingerprint density at radius 1 is 0.615 bits per heavy atom. The molecule has 0 bridgehead atoms. The fraction of sp³-hybridized carbons (Fsp3) is 0.135. The van der Waals surface area contributed by atoms with Crippen molar-refractivity contribution in [3.8, 4) is 0 Å². The number of rotatable bonds is 4. The molecule has 39 heavy (non-hydrogen) atoms. The van der Waals surface area contributed by atoms with Crippen molar-refractivity contribution in [3.63, 3.8) is 0 Å². The summed E-state index contributed by atoms with van der Waals surface area (Å²) in [4.78, 5) is 5.01. The van der Waals surface area contributed by atoms with Crippen LogP contribution in [0.2, 0.25) is 0 Å². The van der Waals surface area contributed by atoms with Crippen LogP contribution in [-0.4, -0.2) is 6.54 Å². The summed E-state index contributed by atoms with van der Waals surface area (Å²) < 4.78 is 0. The third kappa shape index (κ3) is 3.55. The van der Waals surface area contributed by atoms with E-state index < -0.39 is 0 Å². The number of nitrogens with zero attached hydrogens (tertiary/aromatic N) is 2. The quantitative estimate of drug-likeness (QED) is 0.221. The maximum atomic E-state index is 2.54. The second-order valence-corrected chi connectivity index (χ2v) is 10.8. The van der Waals surface area contributed by atoms with Crippen LogP contribution in [0.15, 0.2) is 127 Å². The first kappa shape index (κ1) is 22.4. The van der Waals surface area contributed by atoms with Crippen LogP contribution in [0.5, 0.6) is 0 Å². The van der Waals surface area contributed by atoms with Gasteiger partial charge in [0.05, 0.1) is 5.69 Å². The van der Waals surface area contributed by atoms with Crippen molar-refractivity contribution >= 4 is 55.1 Å². The van der Waals surface area contributed by atoms with Crippen LogP contribution in [0.1, 0.15) is 24.8 Å². The van der Waals surface area contributed by atoms with Gasteiger partial charge in [-0.15, -0.1) is 0 Å². The van der Waals surface area contributed by atoms with E-state index in [0.717, 1.165) is 25.8 Å². The first-order valence-electron chi connectivity index (χ1n) is 14.1. The van der Waals surface area contributed by atoms with Crippen molar-refractivity contribution in [1.82, 2.24) is 0 Å². The average Bonchev–Trinajstić information content (AvgIpc) is 3.01. The topological polar surface area (TPSA) is 6.48 Å². The Bertz CT molecular complexity index is 1900. The second-order valence-electron chi connectivity index (χ2n) is 10.8. The normalized spacial score (nSPS) is 15.2. The van der Waals surface area contributed by atoms with Gasteiger partial charge in [0.2, 0.25) is 0 Å². The first-order chi connectivity index (χ1) is 19.4. The zero-order valence-electron chi connectivity index (χ0n) is 22.0. The SMILES string of the molecule is C1=CCCC(N(c2ccccc2)c2ccc3ccc4c(N5CCCc6ccccc65)ccc5ccc2c3c54)=C1. The Labute approximate surface area is 229 Å². The van der Waals surface area contributed by atoms with E-state index in [1.54, 1.807) is 0 Å². The Kier molecular flexibility index (Phi) is 5.19. The lowest BCUT2D eigenvalue weighted by Gasteiger charge is -2.33. The number of hydrogen-bond donors (Lipinski definition) is 0. The van der Waals surface area contributed by atoms with Crippen LogP contribution < -0.4 is 9.80 Å². The zero-order chi connectivity index (χ0) is 25.8. The minimum absolute atomic E-state index is 1.03. The molecule has 188 valence electrons. The highest BCUT2D eigenvalue weighted by Crippen LogP contribution is 2.46. The summed E-state index contributed by atoms with van der Waals surface area (Å²) in [6.45, 7) is 1.05. The van der Waals surface area contributed by atoms with Crippen LogP contribution in [0.3, 0.4) is 0 Å². The van der Waals surface area contributed by atoms with E-state index >= 15 is 0 Å². The molecule has 0 aromatic heterocycles. The largest absolute Gasteiger partial charge is 0.341 e. The van der Waals surface area contributed by atoms with Crippen LogP contribution in [0.4, 0.5) is 22.7 Å². The highest BCUT2D eigenvalue weighted by atomic mass is 15.2. The molecule has 1 aliphatic heterocycles. The second kappa shape index (κ2) is 9.03. The molecule has 8 rings (SSSR count). The predicted molar refractivity (Wildman–Crippen MR) is 167 cm³/mol. The Balaban J connectivity index is 1.39. The summed E-state index contributed by atoms with van der Waals surface area (Å²) in [7, 11) is 0. The molecule has 0 saturated heterocycles. The molecule has 2 aliphatic rings. The lowest BCUT2D eigenvalue weighted by atomic mass is 9.91. The van der Waals surface area contributed by atoms with Gasteiger partial charge in [-0.1, -0.05) is 84.9 Å². The number of allylic oxidation sites excluding steroid dienone is 4. The Morgan fingerprint density at radius 2 is 1.36 bits per heavy atom. The minimum Gasteiger partial charge on any atom is -0.341 e. The van der Waals surface area contributed by atoms with Gasteiger partial charge >= 0.3 is 0 Å². The fourth-order valence-electron chi connectivity index (χ4n) is 6.80. The minimum atomic E-state index is 1.03. The molecule has 2 nitrogen and oxygen atoms in total. The lowest BCUT2D eigenvalue weighted by Crippen LogP contribution is -2.24. The predicted octanol–water partition coefficient (Wildman–Crippen LogP) is 10.0. The van der Waals surface area contributed by atoms with E-state index in [2.05, 4.69) is 131 Å². The number of aryl methyl sites for hydroxylation is 1. The number of para-hydroxylation sites is 2. The molecular formula is C37H30N2. The fourth-order valence-corrected chi connectivity index (χ4v) is 6.80. The van der Waals surface area contributed by atoms with Crippen molar-refractivity contribution in [2.45, 2.75) is 25.7 Å². The van der Waals surface area contributed by atoms with Gasteiger partial charge in [-0.2, -0.15) is 0 Å². The van der Waals surface area contributed by atoms with Gasteiger partial charge in [-0.05, 0) is 89.2 Å². The van der Waals surface area contributed by atoms with Crippen molar-refractivity contribution in [2.75, 3.05) is 16.3 Å². The smallest absolute Gasteiger partial charge is 0.0537 e. The third-order valence-corrected chi connectivity index (χ3v) is 8.55. The summed E-state index contributed by atoms with van der Waals surface area (Å²) in [5, 5.41) is 7.99. The lowest BCUT2D eigenvalue weighted by molar-refractivity contribution is 0.768. The molecule has 0 unspecified atom stereocenters. The molecule has 0 radical (unpaired) electrons. The molecule has 0 atom stereocenters. The molecule has 2 heteroatoms. The number of fused-ring (bicyclic) bond motifs is 1. The van der Waals surface area contributed by atoms with Gasteiger partial charge in [0.15, 0.2) is 0 Å². The van der Waals surface area contributed by atoms with Crippen molar-refractivity contribution in [1.29, 1.82) is 0 Å². The number of hydrogen-bond acceptors (Lipinski definition) is 2. The van der Waals surface area contributed by atoms with E-state index in [1.807, 2.05) is 0 Å². The highest BCUT2D eigenvalue weighted by molar-refractivity contribution is 6.27. The number of anilines is 4. The molecule has 0 N–H and O–H groups in total. The summed E-state index contributed by atoms with van der Waals surface area (Å²) >= 11 is 0. The summed E-state index contributed by atoms with van der Waals surface area (Å²) in [5.41, 5.74) is 7.91. The van der Waals surface area contributed by atoms with Gasteiger partial charge in [-0.25, -0.2) is 0 Å². The van der Waals surface area contributed by atoms with E-state index in [-0.39, 0.29) is 0 Å². The summed E-state index contributed by atoms with van der Waals surface area (Å²) in [6.07, 6.45) is 11.2. The average molecular weight is 503 g/mol. The molecule has 0 amide bonds. The van der Waals surface area contributed by atoms with E-state index in [0.29, 0.717) is 0 Å². The summed E-state index contributed by atoms with van der Waals surface area (Å²) in [5.74, 6) is 0. The van der Waals surface area contributed by atoms with Crippen LogP contribution in [-0.2, 0) is 6.42 Å². The van der Waals surface area contributed by atoms with Crippen molar-refractivity contribution in [2.24, 2.45) is 0 Å². The molecule has 0 saturated carbocycles. The van der Waals surface area contributed by atoms with Crippen LogP contribution in [0.25, 0.3) is 32.3 Å². The molecular weight excluding hydrogens is 472 g/mol. The van der Waals surface area contributed by atoms with E-state index in [9.17, 15) is 0 Å². The molecule has 6 aromatic carbocycles. The van der Waals surface area contributed by atoms with Crippen LogP contribution >= 0.6 is 0 Å². The van der Waals surface area contributed by atoms with Gasteiger partial charge in [0.1, 0.15) is 0 Å². The molecule has 0 spiro atoms. The standard InChI is InChI=1S/C37H30N2/c1-3-12-29(13-4-1)39(30-14-5-2-6-15-30)35-24-20-28-17-21-31-34(23-19-27-18-22-32(35)37(28)36(27)31)38-25-9-11-26-10-7-8-16-33(26)38/h1-5,7-8,10,12-14,16-24H,6,9,11,15,25H2. The highest BCUT2D eigenvalue weighted by Gasteiger charge is 2.23. The van der Waals surface area contributed by atoms with Crippen molar-refractivity contribution < 1.29 is 0 Å². The van der Waals surface area contributed by atoms with Gasteiger partial charge in [0.25, 0.3) is 0 Å². The van der Waals surface area contributed by atoms with E-state index in [1.165, 1.54) is 72.7 Å². The first-order valence-corrected chi connectivity index (χ1v) is 14.1. The maximum Gasteiger partial charge on any atom is 0.0537 e. The molecule has 1 aliphatic carbocycles. The summed E-state index contributed by atoms with van der Waals surface area (Å²) in [6, 6.07) is 38.4. The molecule has 6 aromatic rings. The van der Waals surface area contributed by atoms with Gasteiger partial charge in [0, 0.05) is 40.1 Å². The van der Waals surface area contributed by atoms with Gasteiger partial charge in [-0.3, -0.25) is 0 Å². The molecule has 0 fully saturated rings. The van der Waals surface area contributed by atoms with Crippen LogP contribution in [0, 0.1) is 0 Å². The van der Waals surface area contributed by atoms with Crippen molar-refractivity contribution in [3.05, 3.63) is 133 Å². The zero-order valence-corrected chi connectivity index (χ0v) is 22.0.